The highest BCUT2D eigenvalue weighted by atomic mass is 16.5. The van der Waals surface area contributed by atoms with Crippen LogP contribution in [0.25, 0.3) is 0 Å². The van der Waals surface area contributed by atoms with Crippen molar-refractivity contribution >= 4 is 11.9 Å². The van der Waals surface area contributed by atoms with Gasteiger partial charge in [-0.2, -0.15) is 0 Å². The standard InChI is InChI=1S/C12H14O4/c1-8(7-11(13)14)9-3-5-10(6-4-9)12(15)16-2/h3-6,8H,7H2,1-2H3,(H,13,14). The number of carboxylic acid groups (broad SMARTS) is 1. The summed E-state index contributed by atoms with van der Waals surface area (Å²) in [5.41, 5.74) is 1.36. The first kappa shape index (κ1) is 12.2. The molecule has 1 aromatic carbocycles. The fraction of sp³-hybridized carbons (Fsp3) is 0.333. The van der Waals surface area contributed by atoms with Gasteiger partial charge in [0.2, 0.25) is 0 Å². The van der Waals surface area contributed by atoms with Crippen molar-refractivity contribution in [1.29, 1.82) is 0 Å². The zero-order valence-corrected chi connectivity index (χ0v) is 9.27. The van der Waals surface area contributed by atoms with Crippen molar-refractivity contribution in [3.05, 3.63) is 35.4 Å². The summed E-state index contributed by atoms with van der Waals surface area (Å²) in [5.74, 6) is -1.29. The first-order chi connectivity index (χ1) is 7.54. The molecule has 0 radical (unpaired) electrons. The van der Waals surface area contributed by atoms with Crippen molar-refractivity contribution in [3.8, 4) is 0 Å². The normalized spacial score (nSPS) is 11.9. The van der Waals surface area contributed by atoms with Crippen molar-refractivity contribution in [2.45, 2.75) is 19.3 Å². The molecule has 0 amide bonds. The van der Waals surface area contributed by atoms with E-state index in [1.54, 1.807) is 24.3 Å². The number of carbonyl (C=O) groups excluding carboxylic acids is 1. The number of esters is 1. The monoisotopic (exact) mass is 222 g/mol. The molecule has 0 aliphatic heterocycles. The number of ether oxygens (including phenoxy) is 1. The van der Waals surface area contributed by atoms with E-state index < -0.39 is 11.9 Å². The molecule has 86 valence electrons. The van der Waals surface area contributed by atoms with E-state index in [0.717, 1.165) is 5.56 Å². The second kappa shape index (κ2) is 5.30. The van der Waals surface area contributed by atoms with E-state index in [4.69, 9.17) is 5.11 Å². The van der Waals surface area contributed by atoms with Crippen LogP contribution in [0.2, 0.25) is 0 Å². The molecule has 0 aliphatic carbocycles. The minimum atomic E-state index is -0.829. The average Bonchev–Trinajstić information content (AvgIpc) is 2.27. The molecule has 4 heteroatoms. The van der Waals surface area contributed by atoms with Gasteiger partial charge in [0.05, 0.1) is 19.1 Å². The Morgan fingerprint density at radius 3 is 2.31 bits per heavy atom. The molecule has 1 atom stereocenters. The third-order valence-electron chi connectivity index (χ3n) is 2.38. The van der Waals surface area contributed by atoms with Gasteiger partial charge in [-0.05, 0) is 23.6 Å². The Balaban J connectivity index is 2.78. The number of rotatable bonds is 4. The second-order valence-corrected chi connectivity index (χ2v) is 3.61. The minimum Gasteiger partial charge on any atom is -0.481 e. The van der Waals surface area contributed by atoms with E-state index in [0.29, 0.717) is 5.56 Å². The zero-order chi connectivity index (χ0) is 12.1. The maximum atomic E-state index is 11.2. The van der Waals surface area contributed by atoms with Gasteiger partial charge in [0.25, 0.3) is 0 Å². The number of aliphatic carboxylic acids is 1. The van der Waals surface area contributed by atoms with Gasteiger partial charge in [0.1, 0.15) is 0 Å². The lowest BCUT2D eigenvalue weighted by Crippen LogP contribution is -2.04. The van der Waals surface area contributed by atoms with Crippen molar-refractivity contribution in [2.75, 3.05) is 7.11 Å². The van der Waals surface area contributed by atoms with Crippen molar-refractivity contribution < 1.29 is 19.4 Å². The van der Waals surface area contributed by atoms with E-state index in [2.05, 4.69) is 4.74 Å². The Hall–Kier alpha value is -1.84. The van der Waals surface area contributed by atoms with E-state index in [-0.39, 0.29) is 12.3 Å². The number of carbonyl (C=O) groups is 2. The van der Waals surface area contributed by atoms with E-state index in [1.165, 1.54) is 7.11 Å². The highest BCUT2D eigenvalue weighted by Crippen LogP contribution is 2.19. The number of carboxylic acids is 1. The molecule has 0 saturated carbocycles. The van der Waals surface area contributed by atoms with Gasteiger partial charge >= 0.3 is 11.9 Å². The van der Waals surface area contributed by atoms with Crippen molar-refractivity contribution in [3.63, 3.8) is 0 Å². The predicted molar refractivity (Wildman–Crippen MR) is 58.4 cm³/mol. The quantitative estimate of drug-likeness (QED) is 0.792. The maximum absolute atomic E-state index is 11.2. The van der Waals surface area contributed by atoms with E-state index in [9.17, 15) is 9.59 Å². The predicted octanol–water partition coefficient (Wildman–Crippen LogP) is 2.05. The number of hydrogen-bond acceptors (Lipinski definition) is 3. The molecule has 1 rings (SSSR count). The smallest absolute Gasteiger partial charge is 0.337 e. The van der Waals surface area contributed by atoms with Crippen LogP contribution in [0.3, 0.4) is 0 Å². The summed E-state index contributed by atoms with van der Waals surface area (Å²) in [6.45, 7) is 1.83. The fourth-order valence-corrected chi connectivity index (χ4v) is 1.45. The van der Waals surface area contributed by atoms with Crippen LogP contribution in [-0.4, -0.2) is 24.2 Å². The lowest BCUT2D eigenvalue weighted by Gasteiger charge is -2.09. The molecule has 0 heterocycles. The van der Waals surface area contributed by atoms with Gasteiger partial charge in [0, 0.05) is 0 Å². The Morgan fingerprint density at radius 2 is 1.88 bits per heavy atom. The van der Waals surface area contributed by atoms with Crippen LogP contribution in [0.4, 0.5) is 0 Å². The molecule has 4 nitrogen and oxygen atoms in total. The summed E-state index contributed by atoms with van der Waals surface area (Å²) < 4.78 is 4.57. The molecular weight excluding hydrogens is 208 g/mol. The molecular formula is C12H14O4. The van der Waals surface area contributed by atoms with Gasteiger partial charge in [-0.25, -0.2) is 4.79 Å². The van der Waals surface area contributed by atoms with Gasteiger partial charge in [-0.15, -0.1) is 0 Å². The minimum absolute atomic E-state index is 0.0656. The molecule has 1 N–H and O–H groups in total. The van der Waals surface area contributed by atoms with Crippen molar-refractivity contribution in [1.82, 2.24) is 0 Å². The first-order valence-corrected chi connectivity index (χ1v) is 4.94. The molecule has 1 aromatic rings. The van der Waals surface area contributed by atoms with Crippen LogP contribution < -0.4 is 0 Å². The summed E-state index contributed by atoms with van der Waals surface area (Å²) in [4.78, 5) is 21.7. The highest BCUT2D eigenvalue weighted by molar-refractivity contribution is 5.89. The molecule has 0 aromatic heterocycles. The number of methoxy groups -OCH3 is 1. The highest BCUT2D eigenvalue weighted by Gasteiger charge is 2.11. The second-order valence-electron chi connectivity index (χ2n) is 3.61. The van der Waals surface area contributed by atoms with Crippen LogP contribution in [-0.2, 0) is 9.53 Å². The van der Waals surface area contributed by atoms with Crippen LogP contribution >= 0.6 is 0 Å². The zero-order valence-electron chi connectivity index (χ0n) is 9.27. The Labute approximate surface area is 93.9 Å². The third-order valence-corrected chi connectivity index (χ3v) is 2.38. The molecule has 0 bridgehead atoms. The third kappa shape index (κ3) is 3.08. The fourth-order valence-electron chi connectivity index (χ4n) is 1.45. The molecule has 0 fully saturated rings. The number of hydrogen-bond donors (Lipinski definition) is 1. The Bertz CT molecular complexity index is 381. The largest absolute Gasteiger partial charge is 0.481 e. The lowest BCUT2D eigenvalue weighted by atomic mass is 9.97. The summed E-state index contributed by atoms with van der Waals surface area (Å²) in [6.07, 6.45) is 0.0809. The number of benzene rings is 1. The molecule has 0 aliphatic rings. The molecule has 1 unspecified atom stereocenters. The van der Waals surface area contributed by atoms with Gasteiger partial charge in [0.15, 0.2) is 0 Å². The van der Waals surface area contributed by atoms with Crippen LogP contribution in [0.5, 0.6) is 0 Å². The van der Waals surface area contributed by atoms with Crippen LogP contribution in [0.1, 0.15) is 35.2 Å². The maximum Gasteiger partial charge on any atom is 0.337 e. The molecule has 16 heavy (non-hydrogen) atoms. The van der Waals surface area contributed by atoms with Gasteiger partial charge in [-0.3, -0.25) is 4.79 Å². The van der Waals surface area contributed by atoms with Crippen LogP contribution in [0.15, 0.2) is 24.3 Å². The van der Waals surface area contributed by atoms with E-state index in [1.807, 2.05) is 6.92 Å². The summed E-state index contributed by atoms with van der Waals surface area (Å²) >= 11 is 0. The first-order valence-electron chi connectivity index (χ1n) is 4.94. The lowest BCUT2D eigenvalue weighted by molar-refractivity contribution is -0.137. The summed E-state index contributed by atoms with van der Waals surface area (Å²) in [5, 5.41) is 8.65. The van der Waals surface area contributed by atoms with Gasteiger partial charge in [-0.1, -0.05) is 19.1 Å². The topological polar surface area (TPSA) is 63.6 Å². The summed E-state index contributed by atoms with van der Waals surface area (Å²) in [6, 6.07) is 6.78. The SMILES string of the molecule is COC(=O)c1ccc(C(C)CC(=O)O)cc1. The summed E-state index contributed by atoms with van der Waals surface area (Å²) in [7, 11) is 1.32. The Morgan fingerprint density at radius 1 is 1.31 bits per heavy atom. The molecule has 0 spiro atoms. The van der Waals surface area contributed by atoms with Crippen molar-refractivity contribution in [2.24, 2.45) is 0 Å². The van der Waals surface area contributed by atoms with E-state index >= 15 is 0 Å². The van der Waals surface area contributed by atoms with Gasteiger partial charge < -0.3 is 9.84 Å². The van der Waals surface area contributed by atoms with Crippen LogP contribution in [0, 0.1) is 0 Å². The molecule has 0 saturated heterocycles. The average molecular weight is 222 g/mol. The Kier molecular flexibility index (Phi) is 4.05.